The normalized spacial score (nSPS) is 12.6. The van der Waals surface area contributed by atoms with Crippen molar-refractivity contribution in [2.24, 2.45) is 5.92 Å². The van der Waals surface area contributed by atoms with Crippen LogP contribution in [0.25, 0.3) is 10.9 Å². The van der Waals surface area contributed by atoms with Crippen LogP contribution in [0, 0.1) is 19.8 Å². The second-order valence-electron chi connectivity index (χ2n) is 6.63. The van der Waals surface area contributed by atoms with Crippen LogP contribution in [0.15, 0.2) is 45.8 Å². The SMILES string of the molecule is Cc1cc(C)c2[nH]c(CNC[C@H](CO)Cc3ccco3)cc(=O)c2c1. The molecule has 2 heterocycles. The Kier molecular flexibility index (Phi) is 5.36. The van der Waals surface area contributed by atoms with Crippen LogP contribution in [0.4, 0.5) is 0 Å². The van der Waals surface area contributed by atoms with Crippen LogP contribution >= 0.6 is 0 Å². The zero-order valence-corrected chi connectivity index (χ0v) is 14.6. The molecule has 0 unspecified atom stereocenters. The summed E-state index contributed by atoms with van der Waals surface area (Å²) in [6, 6.07) is 9.40. The maximum absolute atomic E-state index is 12.4. The number of aromatic nitrogens is 1. The summed E-state index contributed by atoms with van der Waals surface area (Å²) in [7, 11) is 0. The van der Waals surface area contributed by atoms with Crippen molar-refractivity contribution in [2.45, 2.75) is 26.8 Å². The van der Waals surface area contributed by atoms with E-state index >= 15 is 0 Å². The summed E-state index contributed by atoms with van der Waals surface area (Å²) in [6.07, 6.45) is 2.32. The molecule has 1 aromatic carbocycles. The lowest BCUT2D eigenvalue weighted by Gasteiger charge is -2.14. The Morgan fingerprint density at radius 1 is 1.28 bits per heavy atom. The van der Waals surface area contributed by atoms with Crippen molar-refractivity contribution in [3.05, 3.63) is 69.4 Å². The molecule has 0 saturated heterocycles. The van der Waals surface area contributed by atoms with E-state index in [2.05, 4.69) is 16.4 Å². The van der Waals surface area contributed by atoms with Gasteiger partial charge in [0.25, 0.3) is 0 Å². The minimum Gasteiger partial charge on any atom is -0.469 e. The average molecular weight is 340 g/mol. The van der Waals surface area contributed by atoms with Crippen molar-refractivity contribution < 1.29 is 9.52 Å². The van der Waals surface area contributed by atoms with Crippen LogP contribution in [0.5, 0.6) is 0 Å². The van der Waals surface area contributed by atoms with Gasteiger partial charge in [0.1, 0.15) is 5.76 Å². The molecule has 0 spiro atoms. The van der Waals surface area contributed by atoms with E-state index in [9.17, 15) is 9.90 Å². The lowest BCUT2D eigenvalue weighted by molar-refractivity contribution is 0.215. The van der Waals surface area contributed by atoms with Gasteiger partial charge in [0, 0.05) is 49.2 Å². The average Bonchev–Trinajstić information content (AvgIpc) is 3.08. The third-order valence-electron chi connectivity index (χ3n) is 4.41. The van der Waals surface area contributed by atoms with Gasteiger partial charge in [0.05, 0.1) is 11.8 Å². The van der Waals surface area contributed by atoms with Gasteiger partial charge < -0.3 is 19.8 Å². The van der Waals surface area contributed by atoms with Gasteiger partial charge in [-0.15, -0.1) is 0 Å². The fourth-order valence-corrected chi connectivity index (χ4v) is 3.18. The van der Waals surface area contributed by atoms with Gasteiger partial charge in [-0.05, 0) is 43.2 Å². The first kappa shape index (κ1) is 17.5. The maximum Gasteiger partial charge on any atom is 0.189 e. The zero-order valence-electron chi connectivity index (χ0n) is 14.6. The fourth-order valence-electron chi connectivity index (χ4n) is 3.18. The molecule has 0 aliphatic rings. The summed E-state index contributed by atoms with van der Waals surface area (Å²) in [5.74, 6) is 0.939. The minimum atomic E-state index is 0.0339. The molecule has 25 heavy (non-hydrogen) atoms. The Balaban J connectivity index is 1.67. The lowest BCUT2D eigenvalue weighted by Crippen LogP contribution is -2.27. The molecule has 0 fully saturated rings. The van der Waals surface area contributed by atoms with Crippen LogP contribution in [0.3, 0.4) is 0 Å². The topological polar surface area (TPSA) is 78.3 Å². The molecule has 5 nitrogen and oxygen atoms in total. The Labute approximate surface area is 146 Å². The number of aryl methyl sites for hydroxylation is 2. The van der Waals surface area contributed by atoms with E-state index in [-0.39, 0.29) is 18.0 Å². The van der Waals surface area contributed by atoms with Gasteiger partial charge in [0.15, 0.2) is 5.43 Å². The van der Waals surface area contributed by atoms with Crippen molar-refractivity contribution in [1.29, 1.82) is 0 Å². The molecule has 2 aromatic heterocycles. The first-order valence-corrected chi connectivity index (χ1v) is 8.54. The number of nitrogens with one attached hydrogen (secondary N) is 2. The molecular weight excluding hydrogens is 316 g/mol. The molecule has 0 aliphatic carbocycles. The van der Waals surface area contributed by atoms with E-state index in [4.69, 9.17) is 4.42 Å². The highest BCUT2D eigenvalue weighted by molar-refractivity contribution is 5.82. The summed E-state index contributed by atoms with van der Waals surface area (Å²) >= 11 is 0. The number of benzene rings is 1. The van der Waals surface area contributed by atoms with Gasteiger partial charge in [-0.2, -0.15) is 0 Å². The standard InChI is InChI=1S/C20H24N2O3/c1-13-6-14(2)20-18(7-13)19(24)9-16(22-20)11-21-10-15(12-23)8-17-4-3-5-25-17/h3-7,9,15,21,23H,8,10-12H2,1-2H3,(H,22,24)/t15-/m1/s1. The van der Waals surface area contributed by atoms with Crippen molar-refractivity contribution in [2.75, 3.05) is 13.2 Å². The smallest absolute Gasteiger partial charge is 0.189 e. The summed E-state index contributed by atoms with van der Waals surface area (Å²) in [6.45, 7) is 5.28. The molecule has 132 valence electrons. The summed E-state index contributed by atoms with van der Waals surface area (Å²) in [5, 5.41) is 13.6. The fraction of sp³-hybridized carbons (Fsp3) is 0.350. The van der Waals surface area contributed by atoms with Gasteiger partial charge in [-0.3, -0.25) is 4.79 Å². The molecule has 3 rings (SSSR count). The van der Waals surface area contributed by atoms with Crippen molar-refractivity contribution >= 4 is 10.9 Å². The van der Waals surface area contributed by atoms with Gasteiger partial charge in [-0.25, -0.2) is 0 Å². The van der Waals surface area contributed by atoms with Crippen molar-refractivity contribution in [3.8, 4) is 0 Å². The quantitative estimate of drug-likeness (QED) is 0.618. The number of aliphatic hydroxyl groups is 1. The van der Waals surface area contributed by atoms with Gasteiger partial charge in [0.2, 0.25) is 0 Å². The van der Waals surface area contributed by atoms with Crippen LogP contribution in [-0.2, 0) is 13.0 Å². The third-order valence-corrected chi connectivity index (χ3v) is 4.41. The van der Waals surface area contributed by atoms with Crippen LogP contribution < -0.4 is 10.7 Å². The Morgan fingerprint density at radius 2 is 2.12 bits per heavy atom. The third kappa shape index (κ3) is 4.18. The highest BCUT2D eigenvalue weighted by Crippen LogP contribution is 2.16. The highest BCUT2D eigenvalue weighted by Gasteiger charge is 2.11. The number of aliphatic hydroxyl groups excluding tert-OH is 1. The molecule has 0 aliphatic heterocycles. The molecule has 3 aromatic rings. The van der Waals surface area contributed by atoms with Crippen molar-refractivity contribution in [1.82, 2.24) is 10.3 Å². The van der Waals surface area contributed by atoms with E-state index in [0.29, 0.717) is 19.5 Å². The van der Waals surface area contributed by atoms with Crippen molar-refractivity contribution in [3.63, 3.8) is 0 Å². The second-order valence-corrected chi connectivity index (χ2v) is 6.63. The Bertz CT molecular complexity index is 897. The molecule has 0 saturated carbocycles. The molecule has 3 N–H and O–H groups in total. The predicted molar refractivity (Wildman–Crippen MR) is 98.7 cm³/mol. The number of H-pyrrole nitrogens is 1. The van der Waals surface area contributed by atoms with E-state index in [1.165, 1.54) is 0 Å². The number of hydrogen-bond donors (Lipinski definition) is 3. The summed E-state index contributed by atoms with van der Waals surface area (Å²) < 4.78 is 5.33. The predicted octanol–water partition coefficient (Wildman–Crippen LogP) is 2.68. The number of rotatable bonds is 7. The number of hydrogen-bond acceptors (Lipinski definition) is 4. The van der Waals surface area contributed by atoms with E-state index in [0.717, 1.165) is 33.5 Å². The second kappa shape index (κ2) is 7.68. The molecule has 0 radical (unpaired) electrons. The number of fused-ring (bicyclic) bond motifs is 1. The number of pyridine rings is 1. The first-order valence-electron chi connectivity index (χ1n) is 8.54. The minimum absolute atomic E-state index is 0.0339. The molecule has 5 heteroatoms. The molecule has 0 amide bonds. The largest absolute Gasteiger partial charge is 0.469 e. The molecule has 1 atom stereocenters. The van der Waals surface area contributed by atoms with E-state index in [1.54, 1.807) is 12.3 Å². The summed E-state index contributed by atoms with van der Waals surface area (Å²) in [5.41, 5.74) is 3.93. The number of aromatic amines is 1. The first-order chi connectivity index (χ1) is 12.1. The summed E-state index contributed by atoms with van der Waals surface area (Å²) in [4.78, 5) is 15.7. The van der Waals surface area contributed by atoms with Gasteiger partial charge in [-0.1, -0.05) is 6.07 Å². The van der Waals surface area contributed by atoms with Crippen LogP contribution in [0.1, 0.15) is 22.6 Å². The van der Waals surface area contributed by atoms with E-state index in [1.807, 2.05) is 32.0 Å². The van der Waals surface area contributed by atoms with Gasteiger partial charge >= 0.3 is 0 Å². The molecular formula is C20H24N2O3. The van der Waals surface area contributed by atoms with Crippen LogP contribution in [0.2, 0.25) is 0 Å². The lowest BCUT2D eigenvalue weighted by atomic mass is 10.0. The van der Waals surface area contributed by atoms with E-state index < -0.39 is 0 Å². The highest BCUT2D eigenvalue weighted by atomic mass is 16.3. The molecule has 0 bridgehead atoms. The zero-order chi connectivity index (χ0) is 17.8. The van der Waals surface area contributed by atoms with Crippen LogP contribution in [-0.4, -0.2) is 23.2 Å². The Hall–Kier alpha value is -2.37. The maximum atomic E-state index is 12.4. The number of furan rings is 1. The Morgan fingerprint density at radius 3 is 2.84 bits per heavy atom. The monoisotopic (exact) mass is 340 g/mol.